The molecule has 2 N–H and O–H groups in total. The van der Waals surface area contributed by atoms with E-state index >= 15 is 0 Å². The molecule has 0 aliphatic carbocycles. The summed E-state index contributed by atoms with van der Waals surface area (Å²) in [5.74, 6) is 0. The summed E-state index contributed by atoms with van der Waals surface area (Å²) >= 11 is 3.17. The van der Waals surface area contributed by atoms with E-state index in [9.17, 15) is 0 Å². The molecule has 0 amide bonds. The third-order valence-electron chi connectivity index (χ3n) is 3.39. The summed E-state index contributed by atoms with van der Waals surface area (Å²) < 4.78 is 0. The van der Waals surface area contributed by atoms with Gasteiger partial charge in [-0.3, -0.25) is 4.90 Å². The van der Waals surface area contributed by atoms with Crippen molar-refractivity contribution in [2.24, 2.45) is 0 Å². The molecule has 0 spiro atoms. The van der Waals surface area contributed by atoms with Gasteiger partial charge >= 0.3 is 0 Å². The van der Waals surface area contributed by atoms with E-state index in [2.05, 4.69) is 22.8 Å². The van der Waals surface area contributed by atoms with Gasteiger partial charge in [0.2, 0.25) is 0 Å². The van der Waals surface area contributed by atoms with Crippen molar-refractivity contribution in [2.45, 2.75) is 18.2 Å². The Labute approximate surface area is 123 Å². The predicted octanol–water partition coefficient (Wildman–Crippen LogP) is 2.46. The van der Waals surface area contributed by atoms with Crippen LogP contribution in [0.15, 0.2) is 4.90 Å². The number of nitriles is 1. The van der Waals surface area contributed by atoms with Crippen LogP contribution in [-0.2, 0) is 0 Å². The van der Waals surface area contributed by atoms with E-state index in [1.165, 1.54) is 29.3 Å². The second-order valence-corrected chi connectivity index (χ2v) is 6.44. The van der Waals surface area contributed by atoms with Gasteiger partial charge < -0.3 is 10.6 Å². The number of nitrogens with two attached hydrogens (primary N) is 1. The van der Waals surface area contributed by atoms with Crippen LogP contribution < -0.4 is 10.6 Å². The highest BCUT2D eigenvalue weighted by molar-refractivity contribution is 7.99. The van der Waals surface area contributed by atoms with Crippen molar-refractivity contribution >= 4 is 33.8 Å². The lowest BCUT2D eigenvalue weighted by Gasteiger charge is -2.35. The second-order valence-electron chi connectivity index (χ2n) is 4.62. The SMILES string of the molecule is CCCN1CCN(c2sc(C#N)c(N)c2SC)CC1. The summed E-state index contributed by atoms with van der Waals surface area (Å²) in [7, 11) is 0. The molecule has 1 aromatic heterocycles. The minimum Gasteiger partial charge on any atom is -0.396 e. The highest BCUT2D eigenvalue weighted by Gasteiger charge is 2.23. The summed E-state index contributed by atoms with van der Waals surface area (Å²) in [6.45, 7) is 7.65. The Hall–Kier alpha value is -0.900. The lowest BCUT2D eigenvalue weighted by Crippen LogP contribution is -2.46. The van der Waals surface area contributed by atoms with E-state index in [-0.39, 0.29) is 0 Å². The highest BCUT2D eigenvalue weighted by atomic mass is 32.2. The molecule has 1 fully saturated rings. The standard InChI is InChI=1S/C13H20N4S2/c1-3-4-16-5-7-17(8-6-16)13-12(18-2)11(15)10(9-14)19-13/h3-8,15H2,1-2H3. The molecule has 6 heteroatoms. The van der Waals surface area contributed by atoms with Gasteiger partial charge in [-0.2, -0.15) is 5.26 Å². The zero-order chi connectivity index (χ0) is 13.8. The van der Waals surface area contributed by atoms with Crippen molar-refractivity contribution in [1.29, 1.82) is 5.26 Å². The molecule has 1 aliphatic rings. The van der Waals surface area contributed by atoms with E-state index in [1.54, 1.807) is 11.8 Å². The summed E-state index contributed by atoms with van der Waals surface area (Å²) in [4.78, 5) is 6.60. The van der Waals surface area contributed by atoms with Crippen LogP contribution in [0.5, 0.6) is 0 Å². The number of piperazine rings is 1. The van der Waals surface area contributed by atoms with Gasteiger partial charge in [-0.25, -0.2) is 0 Å². The number of anilines is 2. The summed E-state index contributed by atoms with van der Waals surface area (Å²) in [6, 6.07) is 2.20. The first-order valence-corrected chi connectivity index (χ1v) is 8.59. The van der Waals surface area contributed by atoms with Gasteiger partial charge in [0.1, 0.15) is 15.9 Å². The fourth-order valence-corrected chi connectivity index (χ4v) is 4.43. The second kappa shape index (κ2) is 6.51. The number of hydrogen-bond donors (Lipinski definition) is 1. The van der Waals surface area contributed by atoms with Crippen LogP contribution in [0.3, 0.4) is 0 Å². The molecule has 2 heterocycles. The van der Waals surface area contributed by atoms with Crippen molar-refractivity contribution in [3.63, 3.8) is 0 Å². The lowest BCUT2D eigenvalue weighted by molar-refractivity contribution is 0.258. The van der Waals surface area contributed by atoms with Gasteiger partial charge in [-0.15, -0.1) is 23.1 Å². The third-order valence-corrected chi connectivity index (χ3v) is 5.51. The average Bonchev–Trinajstić information content (AvgIpc) is 2.76. The van der Waals surface area contributed by atoms with E-state index in [1.807, 2.05) is 6.26 Å². The van der Waals surface area contributed by atoms with Crippen LogP contribution in [0.2, 0.25) is 0 Å². The average molecular weight is 296 g/mol. The van der Waals surface area contributed by atoms with Crippen LogP contribution in [-0.4, -0.2) is 43.9 Å². The highest BCUT2D eigenvalue weighted by Crippen LogP contribution is 2.43. The molecule has 2 rings (SSSR count). The van der Waals surface area contributed by atoms with Crippen LogP contribution in [0, 0.1) is 11.3 Å². The smallest absolute Gasteiger partial charge is 0.131 e. The Kier molecular flexibility index (Phi) is 4.97. The molecule has 0 aromatic carbocycles. The number of nitrogens with zero attached hydrogens (tertiary/aromatic N) is 3. The maximum Gasteiger partial charge on any atom is 0.131 e. The first-order valence-electron chi connectivity index (χ1n) is 6.54. The molecule has 0 unspecified atom stereocenters. The molecule has 1 aromatic rings. The van der Waals surface area contributed by atoms with E-state index < -0.39 is 0 Å². The monoisotopic (exact) mass is 296 g/mol. The number of rotatable bonds is 4. The van der Waals surface area contributed by atoms with Gasteiger partial charge in [0.25, 0.3) is 0 Å². The maximum atomic E-state index is 9.11. The van der Waals surface area contributed by atoms with E-state index in [0.29, 0.717) is 10.6 Å². The summed E-state index contributed by atoms with van der Waals surface area (Å²) in [6.07, 6.45) is 3.23. The molecular formula is C13H20N4S2. The zero-order valence-electron chi connectivity index (χ0n) is 11.5. The number of nitrogen functional groups attached to an aromatic ring is 1. The van der Waals surface area contributed by atoms with Gasteiger partial charge in [0, 0.05) is 26.2 Å². The maximum absolute atomic E-state index is 9.11. The van der Waals surface area contributed by atoms with Gasteiger partial charge in [0.15, 0.2) is 0 Å². The molecule has 4 nitrogen and oxygen atoms in total. The molecule has 0 bridgehead atoms. The normalized spacial score (nSPS) is 16.6. The Bertz CT molecular complexity index is 470. The molecule has 0 radical (unpaired) electrons. The van der Waals surface area contributed by atoms with E-state index in [4.69, 9.17) is 11.0 Å². The summed E-state index contributed by atoms with van der Waals surface area (Å²) in [5, 5.41) is 10.3. The lowest BCUT2D eigenvalue weighted by atomic mass is 10.3. The molecule has 0 saturated carbocycles. The molecule has 1 saturated heterocycles. The van der Waals surface area contributed by atoms with Gasteiger partial charge in [-0.05, 0) is 19.2 Å². The van der Waals surface area contributed by atoms with Crippen molar-refractivity contribution in [2.75, 3.05) is 49.6 Å². The van der Waals surface area contributed by atoms with Crippen molar-refractivity contribution in [3.8, 4) is 6.07 Å². The first-order chi connectivity index (χ1) is 9.21. The third kappa shape index (κ3) is 2.99. The molecule has 0 atom stereocenters. The Morgan fingerprint density at radius 3 is 2.58 bits per heavy atom. The Morgan fingerprint density at radius 2 is 2.05 bits per heavy atom. The van der Waals surface area contributed by atoms with Crippen molar-refractivity contribution in [1.82, 2.24) is 4.90 Å². The van der Waals surface area contributed by atoms with Crippen LogP contribution in [0.25, 0.3) is 0 Å². The fraction of sp³-hybridized carbons (Fsp3) is 0.615. The molecule has 19 heavy (non-hydrogen) atoms. The van der Waals surface area contributed by atoms with Gasteiger partial charge in [0.05, 0.1) is 10.6 Å². The molecular weight excluding hydrogens is 276 g/mol. The minimum atomic E-state index is 0.648. The Balaban J connectivity index is 2.13. The first kappa shape index (κ1) is 14.5. The van der Waals surface area contributed by atoms with Crippen LogP contribution >= 0.6 is 23.1 Å². The summed E-state index contributed by atoms with van der Waals surface area (Å²) in [5.41, 5.74) is 6.70. The quantitative estimate of drug-likeness (QED) is 0.865. The predicted molar refractivity (Wildman–Crippen MR) is 84.2 cm³/mol. The van der Waals surface area contributed by atoms with Crippen LogP contribution in [0.1, 0.15) is 18.2 Å². The fourth-order valence-electron chi connectivity index (χ4n) is 2.40. The van der Waals surface area contributed by atoms with E-state index in [0.717, 1.165) is 31.1 Å². The molecule has 104 valence electrons. The number of hydrogen-bond acceptors (Lipinski definition) is 6. The molecule has 1 aliphatic heterocycles. The van der Waals surface area contributed by atoms with Crippen molar-refractivity contribution < 1.29 is 0 Å². The van der Waals surface area contributed by atoms with Crippen molar-refractivity contribution in [3.05, 3.63) is 4.88 Å². The number of thiophene rings is 1. The topological polar surface area (TPSA) is 56.3 Å². The minimum absolute atomic E-state index is 0.648. The number of thioether (sulfide) groups is 1. The van der Waals surface area contributed by atoms with Crippen LogP contribution in [0.4, 0.5) is 10.7 Å². The zero-order valence-corrected chi connectivity index (χ0v) is 13.1. The largest absolute Gasteiger partial charge is 0.396 e. The van der Waals surface area contributed by atoms with Gasteiger partial charge in [-0.1, -0.05) is 6.92 Å². The Morgan fingerprint density at radius 1 is 1.37 bits per heavy atom.